The molecule has 4 rings (SSSR count). The largest absolute Gasteiger partial charge is 0.496 e. The zero-order chi connectivity index (χ0) is 20.2. The Bertz CT molecular complexity index is 1030. The summed E-state index contributed by atoms with van der Waals surface area (Å²) in [6.07, 6.45) is 0. The number of benzene rings is 2. The molecule has 0 saturated carbocycles. The van der Waals surface area contributed by atoms with Gasteiger partial charge in [0.2, 0.25) is 0 Å². The van der Waals surface area contributed by atoms with E-state index in [1.165, 1.54) is 0 Å². The second-order valence-corrected chi connectivity index (χ2v) is 6.84. The third-order valence-electron chi connectivity index (χ3n) is 4.95. The van der Waals surface area contributed by atoms with E-state index in [0.717, 1.165) is 16.9 Å². The number of para-hydroxylation sites is 1. The number of hydrogen-bond acceptors (Lipinski definition) is 4. The second kappa shape index (κ2) is 8.18. The van der Waals surface area contributed by atoms with Gasteiger partial charge in [-0.3, -0.25) is 14.3 Å². The van der Waals surface area contributed by atoms with Gasteiger partial charge in [0.25, 0.3) is 11.8 Å². The van der Waals surface area contributed by atoms with E-state index in [9.17, 15) is 9.59 Å². The zero-order valence-electron chi connectivity index (χ0n) is 16.2. The summed E-state index contributed by atoms with van der Waals surface area (Å²) in [5.74, 6) is 0.317. The molecule has 1 aromatic heterocycles. The fraction of sp³-hybridized carbons (Fsp3) is 0.227. The van der Waals surface area contributed by atoms with Crippen molar-refractivity contribution in [2.24, 2.45) is 0 Å². The highest BCUT2D eigenvalue weighted by Gasteiger charge is 2.28. The van der Waals surface area contributed by atoms with Crippen molar-refractivity contribution in [1.82, 2.24) is 20.0 Å². The minimum absolute atomic E-state index is 0.142. The van der Waals surface area contributed by atoms with Crippen LogP contribution in [0.25, 0.3) is 0 Å². The summed E-state index contributed by atoms with van der Waals surface area (Å²) in [7, 11) is 1.62. The van der Waals surface area contributed by atoms with Crippen LogP contribution in [-0.2, 0) is 19.6 Å². The average molecular weight is 390 g/mol. The molecule has 1 aliphatic rings. The number of nitrogens with one attached hydrogen (secondary N) is 1. The van der Waals surface area contributed by atoms with Crippen molar-refractivity contribution in [3.05, 3.63) is 83.2 Å². The standard InChI is InChI=1S/C22H22N4O3/c1-29-20-10-6-5-9-17(20)15-25-11-12-26-19(22(25)28)13-18(24-26)21(27)23-14-16-7-3-2-4-8-16/h2-10,13H,11-12,14-15H2,1H3,(H,23,27). The Balaban J connectivity index is 1.46. The van der Waals surface area contributed by atoms with Crippen LogP contribution in [0.3, 0.4) is 0 Å². The van der Waals surface area contributed by atoms with Crippen LogP contribution < -0.4 is 10.1 Å². The van der Waals surface area contributed by atoms with Crippen LogP contribution in [0.5, 0.6) is 5.75 Å². The molecule has 2 heterocycles. The summed E-state index contributed by atoms with van der Waals surface area (Å²) in [6, 6.07) is 18.9. The molecule has 1 aliphatic heterocycles. The number of amides is 2. The SMILES string of the molecule is COc1ccccc1CN1CCn2nc(C(=O)NCc3ccccc3)cc2C1=O. The molecule has 2 amide bonds. The maximum Gasteiger partial charge on any atom is 0.272 e. The van der Waals surface area contributed by atoms with Crippen LogP contribution in [0.4, 0.5) is 0 Å². The quantitative estimate of drug-likeness (QED) is 0.702. The lowest BCUT2D eigenvalue weighted by Crippen LogP contribution is -2.39. The van der Waals surface area contributed by atoms with E-state index in [1.807, 2.05) is 54.6 Å². The molecule has 7 heteroatoms. The van der Waals surface area contributed by atoms with E-state index in [-0.39, 0.29) is 17.5 Å². The lowest BCUT2D eigenvalue weighted by atomic mass is 10.1. The first-order valence-corrected chi connectivity index (χ1v) is 9.47. The normalized spacial score (nSPS) is 13.1. The van der Waals surface area contributed by atoms with Crippen LogP contribution in [0.2, 0.25) is 0 Å². The fourth-order valence-electron chi connectivity index (χ4n) is 3.41. The molecule has 0 unspecified atom stereocenters. The van der Waals surface area contributed by atoms with Crippen LogP contribution in [0, 0.1) is 0 Å². The Morgan fingerprint density at radius 1 is 1.10 bits per heavy atom. The molecule has 29 heavy (non-hydrogen) atoms. The molecule has 0 atom stereocenters. The minimum Gasteiger partial charge on any atom is -0.496 e. The number of carbonyl (C=O) groups excluding carboxylic acids is 2. The van der Waals surface area contributed by atoms with E-state index in [2.05, 4.69) is 10.4 Å². The molecule has 148 valence electrons. The van der Waals surface area contributed by atoms with Gasteiger partial charge in [-0.15, -0.1) is 0 Å². The minimum atomic E-state index is -0.292. The first-order chi connectivity index (χ1) is 14.2. The third kappa shape index (κ3) is 3.99. The molecular weight excluding hydrogens is 368 g/mol. The van der Waals surface area contributed by atoms with Crippen LogP contribution >= 0.6 is 0 Å². The van der Waals surface area contributed by atoms with Gasteiger partial charge in [0.15, 0.2) is 5.69 Å². The Kier molecular flexibility index (Phi) is 5.29. The number of methoxy groups -OCH3 is 1. The number of rotatable bonds is 6. The molecule has 0 spiro atoms. The lowest BCUT2D eigenvalue weighted by Gasteiger charge is -2.28. The highest BCUT2D eigenvalue weighted by atomic mass is 16.5. The van der Waals surface area contributed by atoms with Gasteiger partial charge in [-0.2, -0.15) is 5.10 Å². The Labute approximate surface area is 168 Å². The Morgan fingerprint density at radius 3 is 2.66 bits per heavy atom. The van der Waals surface area contributed by atoms with Crippen molar-refractivity contribution in [2.45, 2.75) is 19.6 Å². The fourth-order valence-corrected chi connectivity index (χ4v) is 3.41. The van der Waals surface area contributed by atoms with Crippen molar-refractivity contribution in [3.63, 3.8) is 0 Å². The van der Waals surface area contributed by atoms with Crippen LogP contribution in [0.15, 0.2) is 60.7 Å². The molecule has 0 radical (unpaired) electrons. The molecule has 0 bridgehead atoms. The molecule has 0 fully saturated rings. The third-order valence-corrected chi connectivity index (χ3v) is 4.95. The molecule has 2 aromatic carbocycles. The van der Waals surface area contributed by atoms with Gasteiger partial charge in [-0.1, -0.05) is 48.5 Å². The predicted octanol–water partition coefficient (Wildman–Crippen LogP) is 2.48. The van der Waals surface area contributed by atoms with Crippen molar-refractivity contribution in [2.75, 3.05) is 13.7 Å². The maximum atomic E-state index is 12.9. The predicted molar refractivity (Wildman–Crippen MR) is 108 cm³/mol. The number of hydrogen-bond donors (Lipinski definition) is 1. The van der Waals surface area contributed by atoms with Crippen LogP contribution in [0.1, 0.15) is 32.1 Å². The second-order valence-electron chi connectivity index (χ2n) is 6.84. The van der Waals surface area contributed by atoms with Crippen LogP contribution in [-0.4, -0.2) is 40.1 Å². The van der Waals surface area contributed by atoms with E-state index in [0.29, 0.717) is 31.9 Å². The highest BCUT2D eigenvalue weighted by Crippen LogP contribution is 2.22. The smallest absolute Gasteiger partial charge is 0.272 e. The summed E-state index contributed by atoms with van der Waals surface area (Å²) in [5, 5.41) is 7.17. The first-order valence-electron chi connectivity index (χ1n) is 9.47. The van der Waals surface area contributed by atoms with Crippen molar-refractivity contribution >= 4 is 11.8 Å². The average Bonchev–Trinajstić information content (AvgIpc) is 3.20. The number of aromatic nitrogens is 2. The number of carbonyl (C=O) groups is 2. The zero-order valence-corrected chi connectivity index (χ0v) is 16.2. The van der Waals surface area contributed by atoms with Gasteiger partial charge < -0.3 is 15.0 Å². The van der Waals surface area contributed by atoms with Gasteiger partial charge >= 0.3 is 0 Å². The monoisotopic (exact) mass is 390 g/mol. The van der Waals surface area contributed by atoms with Crippen molar-refractivity contribution < 1.29 is 14.3 Å². The summed E-state index contributed by atoms with van der Waals surface area (Å²) >= 11 is 0. The molecule has 1 N–H and O–H groups in total. The maximum absolute atomic E-state index is 12.9. The molecule has 0 saturated heterocycles. The van der Waals surface area contributed by atoms with E-state index >= 15 is 0 Å². The van der Waals surface area contributed by atoms with Gasteiger partial charge in [-0.25, -0.2) is 0 Å². The van der Waals surface area contributed by atoms with Gasteiger partial charge in [0.1, 0.15) is 11.4 Å². The van der Waals surface area contributed by atoms with E-state index in [1.54, 1.807) is 22.8 Å². The molecule has 7 nitrogen and oxygen atoms in total. The number of nitrogens with zero attached hydrogens (tertiary/aromatic N) is 3. The van der Waals surface area contributed by atoms with E-state index < -0.39 is 0 Å². The molecule has 0 aliphatic carbocycles. The lowest BCUT2D eigenvalue weighted by molar-refractivity contribution is 0.0681. The van der Waals surface area contributed by atoms with Gasteiger partial charge in [-0.05, 0) is 11.6 Å². The summed E-state index contributed by atoms with van der Waals surface area (Å²) in [4.78, 5) is 27.1. The highest BCUT2D eigenvalue weighted by molar-refractivity contribution is 5.98. The summed E-state index contributed by atoms with van der Waals surface area (Å²) in [5.41, 5.74) is 2.63. The molecule has 3 aromatic rings. The first kappa shape index (κ1) is 18.7. The number of ether oxygens (including phenoxy) is 1. The topological polar surface area (TPSA) is 76.5 Å². The Hall–Kier alpha value is -3.61. The van der Waals surface area contributed by atoms with Gasteiger partial charge in [0, 0.05) is 31.3 Å². The van der Waals surface area contributed by atoms with Crippen molar-refractivity contribution in [1.29, 1.82) is 0 Å². The summed E-state index contributed by atoms with van der Waals surface area (Å²) in [6.45, 7) is 1.93. The number of fused-ring (bicyclic) bond motifs is 1. The van der Waals surface area contributed by atoms with Gasteiger partial charge in [0.05, 0.1) is 13.7 Å². The van der Waals surface area contributed by atoms with E-state index in [4.69, 9.17) is 4.74 Å². The summed E-state index contributed by atoms with van der Waals surface area (Å²) < 4.78 is 6.99. The Morgan fingerprint density at radius 2 is 1.86 bits per heavy atom. The molecular formula is C22H22N4O3. The van der Waals surface area contributed by atoms with Crippen molar-refractivity contribution in [3.8, 4) is 5.75 Å².